The minimum absolute atomic E-state index is 0.183. The Hall–Kier alpha value is -3.02. The number of carboxylic acids is 1. The molecule has 0 bridgehead atoms. The smallest absolute Gasteiger partial charge is 0.410 e. The number of amides is 1. The van der Waals surface area contributed by atoms with Gasteiger partial charge in [0.2, 0.25) is 0 Å². The molecule has 28 heavy (non-hydrogen) atoms. The first-order chi connectivity index (χ1) is 13.5. The van der Waals surface area contributed by atoms with Gasteiger partial charge in [-0.1, -0.05) is 42.5 Å². The number of benzene rings is 2. The van der Waals surface area contributed by atoms with E-state index in [1.165, 1.54) is 0 Å². The predicted molar refractivity (Wildman–Crippen MR) is 104 cm³/mol. The molecule has 2 aromatic carbocycles. The van der Waals surface area contributed by atoms with Crippen LogP contribution in [-0.4, -0.2) is 35.7 Å². The fourth-order valence-corrected chi connectivity index (χ4v) is 3.72. The molecule has 0 aromatic heterocycles. The van der Waals surface area contributed by atoms with Crippen molar-refractivity contribution in [3.05, 3.63) is 65.2 Å². The molecule has 2 unspecified atom stereocenters. The molecule has 1 amide bonds. The van der Waals surface area contributed by atoms with E-state index in [1.807, 2.05) is 55.5 Å². The van der Waals surface area contributed by atoms with Gasteiger partial charge in [-0.05, 0) is 42.5 Å². The Morgan fingerprint density at radius 1 is 1.14 bits per heavy atom. The lowest BCUT2D eigenvalue weighted by Gasteiger charge is -2.38. The topological polar surface area (TPSA) is 76.1 Å². The normalized spacial score (nSPS) is 19.1. The predicted octanol–water partition coefficient (Wildman–Crippen LogP) is 4.18. The molecule has 1 fully saturated rings. The lowest BCUT2D eigenvalue weighted by Crippen LogP contribution is -2.43. The highest BCUT2D eigenvalue weighted by Crippen LogP contribution is 2.38. The summed E-state index contributed by atoms with van der Waals surface area (Å²) in [4.78, 5) is 26.0. The average Bonchev–Trinajstić information content (AvgIpc) is 2.72. The standard InChI is InChI=1S/C22H25NO5/c1-15-18(9-6-10-20(15)27-2)19-13-17(21(24)25)11-12-23(19)22(26)28-14-16-7-4-3-5-8-16/h3-10,17,19H,11-14H2,1-2H3,(H,24,25). The fourth-order valence-electron chi connectivity index (χ4n) is 3.72. The quantitative estimate of drug-likeness (QED) is 0.838. The van der Waals surface area contributed by atoms with Gasteiger partial charge in [0.25, 0.3) is 0 Å². The van der Waals surface area contributed by atoms with Crippen LogP contribution in [-0.2, 0) is 16.1 Å². The van der Waals surface area contributed by atoms with Crippen LogP contribution in [0, 0.1) is 12.8 Å². The van der Waals surface area contributed by atoms with Crippen LogP contribution < -0.4 is 4.74 Å². The fraction of sp³-hybridized carbons (Fsp3) is 0.364. The highest BCUT2D eigenvalue weighted by atomic mass is 16.6. The van der Waals surface area contributed by atoms with Gasteiger partial charge < -0.3 is 19.5 Å². The summed E-state index contributed by atoms with van der Waals surface area (Å²) in [5, 5.41) is 9.49. The summed E-state index contributed by atoms with van der Waals surface area (Å²) in [6, 6.07) is 14.8. The van der Waals surface area contributed by atoms with Crippen molar-refractivity contribution in [1.29, 1.82) is 0 Å². The van der Waals surface area contributed by atoms with E-state index in [2.05, 4.69) is 0 Å². The summed E-state index contributed by atoms with van der Waals surface area (Å²) in [5.41, 5.74) is 2.70. The van der Waals surface area contributed by atoms with Crippen LogP contribution in [0.1, 0.15) is 35.6 Å². The summed E-state index contributed by atoms with van der Waals surface area (Å²) in [6.07, 6.45) is 0.332. The van der Waals surface area contributed by atoms with Crippen molar-refractivity contribution >= 4 is 12.1 Å². The van der Waals surface area contributed by atoms with Crippen molar-refractivity contribution in [3.63, 3.8) is 0 Å². The van der Waals surface area contributed by atoms with E-state index in [0.29, 0.717) is 25.1 Å². The SMILES string of the molecule is COc1cccc(C2CC(C(=O)O)CCN2C(=O)OCc2ccccc2)c1C. The number of piperidine rings is 1. The van der Waals surface area contributed by atoms with Crippen molar-refractivity contribution in [2.75, 3.05) is 13.7 Å². The first-order valence-electron chi connectivity index (χ1n) is 9.35. The molecule has 3 rings (SSSR count). The van der Waals surface area contributed by atoms with Gasteiger partial charge in [-0.15, -0.1) is 0 Å². The van der Waals surface area contributed by atoms with E-state index >= 15 is 0 Å². The van der Waals surface area contributed by atoms with Crippen LogP contribution in [0.4, 0.5) is 4.79 Å². The molecule has 148 valence electrons. The maximum absolute atomic E-state index is 12.8. The van der Waals surface area contributed by atoms with E-state index in [0.717, 1.165) is 16.7 Å². The largest absolute Gasteiger partial charge is 0.496 e. The van der Waals surface area contributed by atoms with E-state index in [4.69, 9.17) is 9.47 Å². The second-order valence-electron chi connectivity index (χ2n) is 6.98. The maximum Gasteiger partial charge on any atom is 0.410 e. The van der Waals surface area contributed by atoms with Crippen LogP contribution in [0.5, 0.6) is 5.75 Å². The first-order valence-corrected chi connectivity index (χ1v) is 9.35. The zero-order valence-electron chi connectivity index (χ0n) is 16.1. The number of nitrogens with zero attached hydrogens (tertiary/aromatic N) is 1. The minimum atomic E-state index is -0.831. The molecule has 0 radical (unpaired) electrons. The van der Waals surface area contributed by atoms with Crippen molar-refractivity contribution in [2.45, 2.75) is 32.4 Å². The number of carbonyl (C=O) groups excluding carboxylic acids is 1. The van der Waals surface area contributed by atoms with Crippen LogP contribution in [0.3, 0.4) is 0 Å². The molecule has 6 heteroatoms. The second-order valence-corrected chi connectivity index (χ2v) is 6.98. The van der Waals surface area contributed by atoms with Gasteiger partial charge >= 0.3 is 12.1 Å². The number of likely N-dealkylation sites (tertiary alicyclic amines) is 1. The van der Waals surface area contributed by atoms with E-state index < -0.39 is 18.0 Å². The number of ether oxygens (including phenoxy) is 2. The zero-order chi connectivity index (χ0) is 20.1. The monoisotopic (exact) mass is 383 g/mol. The molecule has 0 saturated carbocycles. The van der Waals surface area contributed by atoms with Gasteiger partial charge in [0, 0.05) is 6.54 Å². The average molecular weight is 383 g/mol. The van der Waals surface area contributed by atoms with Crippen LogP contribution in [0.15, 0.2) is 48.5 Å². The van der Waals surface area contributed by atoms with Crippen LogP contribution in [0.2, 0.25) is 0 Å². The number of carbonyl (C=O) groups is 2. The molecular formula is C22H25NO5. The Morgan fingerprint density at radius 2 is 1.89 bits per heavy atom. The summed E-state index contributed by atoms with van der Waals surface area (Å²) in [6.45, 7) is 2.44. The number of carboxylic acid groups (broad SMARTS) is 1. The molecule has 0 spiro atoms. The highest BCUT2D eigenvalue weighted by molar-refractivity contribution is 5.72. The zero-order valence-corrected chi connectivity index (χ0v) is 16.1. The Morgan fingerprint density at radius 3 is 2.57 bits per heavy atom. The lowest BCUT2D eigenvalue weighted by molar-refractivity contribution is -0.144. The van der Waals surface area contributed by atoms with Gasteiger partial charge in [0.1, 0.15) is 12.4 Å². The minimum Gasteiger partial charge on any atom is -0.496 e. The molecule has 2 aromatic rings. The summed E-state index contributed by atoms with van der Waals surface area (Å²) >= 11 is 0. The number of methoxy groups -OCH3 is 1. The second kappa shape index (κ2) is 8.78. The lowest BCUT2D eigenvalue weighted by atomic mass is 9.85. The van der Waals surface area contributed by atoms with Gasteiger partial charge in [-0.3, -0.25) is 4.79 Å². The van der Waals surface area contributed by atoms with E-state index in [1.54, 1.807) is 12.0 Å². The molecule has 1 aliphatic rings. The molecule has 1 aliphatic heterocycles. The molecular weight excluding hydrogens is 358 g/mol. The van der Waals surface area contributed by atoms with Crippen molar-refractivity contribution < 1.29 is 24.2 Å². The van der Waals surface area contributed by atoms with E-state index in [9.17, 15) is 14.7 Å². The summed E-state index contributed by atoms with van der Waals surface area (Å²) in [7, 11) is 1.60. The molecule has 1 heterocycles. The first kappa shape index (κ1) is 19.7. The number of aliphatic carboxylic acids is 1. The molecule has 2 atom stereocenters. The number of hydrogen-bond donors (Lipinski definition) is 1. The van der Waals surface area contributed by atoms with Crippen molar-refractivity contribution in [1.82, 2.24) is 4.90 Å². The third-order valence-corrected chi connectivity index (χ3v) is 5.30. The number of rotatable bonds is 5. The van der Waals surface area contributed by atoms with Gasteiger partial charge in [-0.25, -0.2) is 4.79 Å². The van der Waals surface area contributed by atoms with Crippen LogP contribution in [0.25, 0.3) is 0 Å². The van der Waals surface area contributed by atoms with Gasteiger partial charge in [0.15, 0.2) is 0 Å². The highest BCUT2D eigenvalue weighted by Gasteiger charge is 2.37. The molecule has 1 saturated heterocycles. The Bertz CT molecular complexity index is 836. The maximum atomic E-state index is 12.8. The van der Waals surface area contributed by atoms with E-state index in [-0.39, 0.29) is 12.6 Å². The van der Waals surface area contributed by atoms with Crippen LogP contribution >= 0.6 is 0 Å². The van der Waals surface area contributed by atoms with Gasteiger partial charge in [0.05, 0.1) is 19.1 Å². The Balaban J connectivity index is 1.83. The Labute approximate surface area is 164 Å². The molecule has 0 aliphatic carbocycles. The van der Waals surface area contributed by atoms with Crippen molar-refractivity contribution in [2.24, 2.45) is 5.92 Å². The van der Waals surface area contributed by atoms with Gasteiger partial charge in [-0.2, -0.15) is 0 Å². The van der Waals surface area contributed by atoms with Crippen molar-refractivity contribution in [3.8, 4) is 5.75 Å². The third-order valence-electron chi connectivity index (χ3n) is 5.30. The third kappa shape index (κ3) is 4.27. The molecule has 1 N–H and O–H groups in total. The summed E-state index contributed by atoms with van der Waals surface area (Å²) < 4.78 is 10.9. The molecule has 6 nitrogen and oxygen atoms in total. The Kier molecular flexibility index (Phi) is 6.19. The summed E-state index contributed by atoms with van der Waals surface area (Å²) in [5.74, 6) is -0.607. The number of hydrogen-bond acceptors (Lipinski definition) is 4.